The molecule has 1 atom stereocenters. The molecule has 1 aliphatic heterocycles. The molecular weight excluding hydrogens is 232 g/mol. The zero-order valence-corrected chi connectivity index (χ0v) is 11.6. The maximum absolute atomic E-state index is 12.3. The van der Waals surface area contributed by atoms with Gasteiger partial charge >= 0.3 is 0 Å². The molecule has 5 nitrogen and oxygen atoms in total. The molecule has 0 spiro atoms. The Kier molecular flexibility index (Phi) is 6.12. The van der Waals surface area contributed by atoms with Crippen molar-refractivity contribution in [2.24, 2.45) is 5.92 Å². The van der Waals surface area contributed by atoms with E-state index in [1.807, 2.05) is 0 Å². The van der Waals surface area contributed by atoms with Crippen LogP contribution in [0.1, 0.15) is 33.1 Å². The third kappa shape index (κ3) is 4.64. The van der Waals surface area contributed by atoms with Gasteiger partial charge in [-0.25, -0.2) is 0 Å². The Morgan fingerprint density at radius 1 is 1.44 bits per heavy atom. The topological polar surface area (TPSA) is 58.6 Å². The van der Waals surface area contributed by atoms with Crippen LogP contribution in [0.5, 0.6) is 0 Å². The third-order valence-electron chi connectivity index (χ3n) is 3.04. The van der Waals surface area contributed by atoms with Crippen LogP contribution < -0.4 is 5.32 Å². The van der Waals surface area contributed by atoms with Crippen molar-refractivity contribution >= 4 is 11.8 Å². The maximum atomic E-state index is 12.3. The molecule has 1 rings (SSSR count). The average molecular weight is 256 g/mol. The number of carbonyl (C=O) groups is 2. The van der Waals surface area contributed by atoms with Gasteiger partial charge in [0.15, 0.2) is 0 Å². The molecule has 18 heavy (non-hydrogen) atoms. The fraction of sp³-hybridized carbons (Fsp3) is 0.846. The van der Waals surface area contributed by atoms with Crippen molar-refractivity contribution in [3.05, 3.63) is 0 Å². The van der Waals surface area contributed by atoms with Crippen LogP contribution >= 0.6 is 0 Å². The predicted molar refractivity (Wildman–Crippen MR) is 69.1 cm³/mol. The normalized spacial score (nSPS) is 21.1. The molecule has 1 aliphatic rings. The Morgan fingerprint density at radius 2 is 2.17 bits per heavy atom. The van der Waals surface area contributed by atoms with Crippen molar-refractivity contribution < 1.29 is 14.3 Å². The van der Waals surface area contributed by atoms with Gasteiger partial charge in [0.25, 0.3) is 0 Å². The Morgan fingerprint density at radius 3 is 2.78 bits per heavy atom. The van der Waals surface area contributed by atoms with Crippen LogP contribution in [0.3, 0.4) is 0 Å². The highest BCUT2D eigenvalue weighted by molar-refractivity contribution is 5.89. The molecule has 1 unspecified atom stereocenters. The number of nitrogens with one attached hydrogen (secondary N) is 1. The first-order valence-electron chi connectivity index (χ1n) is 6.61. The number of ether oxygens (including phenoxy) is 1. The van der Waals surface area contributed by atoms with E-state index >= 15 is 0 Å². The molecule has 1 heterocycles. The van der Waals surface area contributed by atoms with Crippen LogP contribution in [0.25, 0.3) is 0 Å². The fourth-order valence-corrected chi connectivity index (χ4v) is 2.15. The summed E-state index contributed by atoms with van der Waals surface area (Å²) in [4.78, 5) is 25.7. The van der Waals surface area contributed by atoms with Crippen molar-refractivity contribution in [1.82, 2.24) is 10.2 Å². The molecule has 0 aliphatic carbocycles. The second kappa shape index (κ2) is 7.36. The van der Waals surface area contributed by atoms with E-state index in [9.17, 15) is 9.59 Å². The quantitative estimate of drug-likeness (QED) is 0.715. The summed E-state index contributed by atoms with van der Waals surface area (Å²) in [6.45, 7) is 5.93. The van der Waals surface area contributed by atoms with Crippen LogP contribution in [-0.2, 0) is 14.3 Å². The molecule has 1 fully saturated rings. The van der Waals surface area contributed by atoms with Gasteiger partial charge in [0.2, 0.25) is 11.8 Å². The number of hydrogen-bond acceptors (Lipinski definition) is 3. The minimum atomic E-state index is -0.359. The maximum Gasteiger partial charge on any atom is 0.245 e. The Balaban J connectivity index is 2.61. The summed E-state index contributed by atoms with van der Waals surface area (Å²) in [6.07, 6.45) is 1.91. The van der Waals surface area contributed by atoms with E-state index in [4.69, 9.17) is 4.74 Å². The van der Waals surface area contributed by atoms with E-state index in [-0.39, 0.29) is 17.9 Å². The first kappa shape index (κ1) is 15.0. The van der Waals surface area contributed by atoms with Crippen LogP contribution in [0, 0.1) is 5.92 Å². The highest BCUT2D eigenvalue weighted by Crippen LogP contribution is 2.12. The largest absolute Gasteiger partial charge is 0.385 e. The van der Waals surface area contributed by atoms with E-state index in [2.05, 4.69) is 19.2 Å². The molecule has 0 radical (unpaired) electrons. The van der Waals surface area contributed by atoms with Crippen molar-refractivity contribution in [1.29, 1.82) is 0 Å². The zero-order chi connectivity index (χ0) is 13.5. The van der Waals surface area contributed by atoms with Crippen LogP contribution in [0.15, 0.2) is 0 Å². The lowest BCUT2D eigenvalue weighted by atomic mass is 10.0. The summed E-state index contributed by atoms with van der Waals surface area (Å²) in [7, 11) is 1.65. The predicted octanol–water partition coefficient (Wildman–Crippen LogP) is 0.786. The third-order valence-corrected chi connectivity index (χ3v) is 3.04. The SMILES string of the molecule is COCCCN1CCC(=O)NC(CC(C)C)C1=O. The summed E-state index contributed by atoms with van der Waals surface area (Å²) in [5.41, 5.74) is 0. The van der Waals surface area contributed by atoms with E-state index in [1.165, 1.54) is 0 Å². The van der Waals surface area contributed by atoms with Gasteiger partial charge in [0, 0.05) is 33.2 Å². The Labute approximate surface area is 109 Å². The molecule has 5 heteroatoms. The minimum Gasteiger partial charge on any atom is -0.385 e. The second-order valence-corrected chi connectivity index (χ2v) is 5.17. The van der Waals surface area contributed by atoms with E-state index in [0.717, 1.165) is 6.42 Å². The van der Waals surface area contributed by atoms with Gasteiger partial charge in [-0.1, -0.05) is 13.8 Å². The van der Waals surface area contributed by atoms with Crippen LogP contribution in [0.4, 0.5) is 0 Å². The van der Waals surface area contributed by atoms with Crippen molar-refractivity contribution in [2.75, 3.05) is 26.8 Å². The fourth-order valence-electron chi connectivity index (χ4n) is 2.15. The average Bonchev–Trinajstić information content (AvgIpc) is 2.42. The molecule has 0 bridgehead atoms. The standard InChI is InChI=1S/C13H24N2O3/c1-10(2)9-11-13(17)15(6-4-8-18-3)7-5-12(16)14-11/h10-11H,4-9H2,1-3H3,(H,14,16). The summed E-state index contributed by atoms with van der Waals surface area (Å²) in [5.74, 6) is 0.409. The molecule has 0 saturated carbocycles. The minimum absolute atomic E-state index is 0.0248. The molecule has 0 aromatic carbocycles. The summed E-state index contributed by atoms with van der Waals surface area (Å²) in [5, 5.41) is 2.82. The van der Waals surface area contributed by atoms with Crippen molar-refractivity contribution in [3.63, 3.8) is 0 Å². The van der Waals surface area contributed by atoms with Gasteiger partial charge in [-0.05, 0) is 18.8 Å². The highest BCUT2D eigenvalue weighted by atomic mass is 16.5. The van der Waals surface area contributed by atoms with Crippen molar-refractivity contribution in [3.8, 4) is 0 Å². The lowest BCUT2D eigenvalue weighted by Crippen LogP contribution is -2.45. The molecule has 2 amide bonds. The summed E-state index contributed by atoms with van der Waals surface area (Å²) < 4.78 is 4.99. The highest BCUT2D eigenvalue weighted by Gasteiger charge is 2.29. The number of rotatable bonds is 6. The molecule has 0 aromatic rings. The lowest BCUT2D eigenvalue weighted by molar-refractivity contribution is -0.134. The molecule has 104 valence electrons. The van der Waals surface area contributed by atoms with Gasteiger partial charge in [-0.2, -0.15) is 0 Å². The number of carbonyl (C=O) groups excluding carboxylic acids is 2. The summed E-state index contributed by atoms with van der Waals surface area (Å²) in [6, 6.07) is -0.359. The number of methoxy groups -OCH3 is 1. The number of hydrogen-bond donors (Lipinski definition) is 1. The van der Waals surface area contributed by atoms with E-state index < -0.39 is 0 Å². The molecule has 1 saturated heterocycles. The van der Waals surface area contributed by atoms with E-state index in [0.29, 0.717) is 38.5 Å². The second-order valence-electron chi connectivity index (χ2n) is 5.17. The first-order chi connectivity index (χ1) is 8.54. The van der Waals surface area contributed by atoms with Crippen LogP contribution in [-0.4, -0.2) is 49.6 Å². The first-order valence-corrected chi connectivity index (χ1v) is 6.61. The molecular formula is C13H24N2O3. The van der Waals surface area contributed by atoms with Crippen molar-refractivity contribution in [2.45, 2.75) is 39.2 Å². The van der Waals surface area contributed by atoms with Gasteiger partial charge < -0.3 is 15.0 Å². The van der Waals surface area contributed by atoms with Gasteiger partial charge in [-0.3, -0.25) is 9.59 Å². The number of amides is 2. The molecule has 1 N–H and O–H groups in total. The number of nitrogens with zero attached hydrogens (tertiary/aromatic N) is 1. The van der Waals surface area contributed by atoms with Crippen LogP contribution in [0.2, 0.25) is 0 Å². The van der Waals surface area contributed by atoms with Gasteiger partial charge in [-0.15, -0.1) is 0 Å². The smallest absolute Gasteiger partial charge is 0.245 e. The Hall–Kier alpha value is -1.10. The monoisotopic (exact) mass is 256 g/mol. The van der Waals surface area contributed by atoms with E-state index in [1.54, 1.807) is 12.0 Å². The molecule has 0 aromatic heterocycles. The van der Waals surface area contributed by atoms with Gasteiger partial charge in [0.05, 0.1) is 0 Å². The lowest BCUT2D eigenvalue weighted by Gasteiger charge is -2.24. The summed E-state index contributed by atoms with van der Waals surface area (Å²) >= 11 is 0. The van der Waals surface area contributed by atoms with Gasteiger partial charge in [0.1, 0.15) is 6.04 Å². The zero-order valence-electron chi connectivity index (χ0n) is 11.6. The Bertz CT molecular complexity index is 292.